The van der Waals surface area contributed by atoms with E-state index in [2.05, 4.69) is 9.80 Å². The maximum absolute atomic E-state index is 10.7. The van der Waals surface area contributed by atoms with E-state index in [1.54, 1.807) is 0 Å². The topological polar surface area (TPSA) is 43.8 Å². The smallest absolute Gasteiger partial charge is 0.150 e. The molecule has 0 aliphatic carbocycles. The second-order valence-corrected chi connectivity index (χ2v) is 4.27. The van der Waals surface area contributed by atoms with E-state index in [-0.39, 0.29) is 6.61 Å². The van der Waals surface area contributed by atoms with Crippen LogP contribution >= 0.6 is 0 Å². The summed E-state index contributed by atoms with van der Waals surface area (Å²) in [5, 5.41) is 8.88. The molecule has 1 heterocycles. The van der Waals surface area contributed by atoms with Crippen LogP contribution < -0.4 is 4.90 Å². The Kier molecular flexibility index (Phi) is 4.12. The van der Waals surface area contributed by atoms with Crippen molar-refractivity contribution in [3.05, 3.63) is 29.8 Å². The van der Waals surface area contributed by atoms with Gasteiger partial charge in [0.05, 0.1) is 6.61 Å². The Morgan fingerprint density at radius 1 is 1.24 bits per heavy atom. The zero-order valence-electron chi connectivity index (χ0n) is 9.88. The van der Waals surface area contributed by atoms with Gasteiger partial charge in [-0.3, -0.25) is 9.69 Å². The maximum atomic E-state index is 10.7. The molecule has 4 nitrogen and oxygen atoms in total. The Morgan fingerprint density at radius 3 is 2.65 bits per heavy atom. The Hall–Kier alpha value is -1.39. The third-order valence-corrected chi connectivity index (χ3v) is 3.16. The van der Waals surface area contributed by atoms with Crippen molar-refractivity contribution in [2.24, 2.45) is 0 Å². The van der Waals surface area contributed by atoms with E-state index in [1.807, 2.05) is 24.3 Å². The van der Waals surface area contributed by atoms with Crippen molar-refractivity contribution < 1.29 is 9.90 Å². The van der Waals surface area contributed by atoms with Gasteiger partial charge in [0.15, 0.2) is 0 Å². The van der Waals surface area contributed by atoms with E-state index in [0.717, 1.165) is 50.3 Å². The fourth-order valence-electron chi connectivity index (χ4n) is 2.17. The molecule has 0 radical (unpaired) electrons. The van der Waals surface area contributed by atoms with Crippen LogP contribution in [0, 0.1) is 0 Å². The lowest BCUT2D eigenvalue weighted by Gasteiger charge is -2.35. The number of nitrogens with zero attached hydrogens (tertiary/aromatic N) is 2. The highest BCUT2D eigenvalue weighted by molar-refractivity contribution is 5.77. The number of hydrogen-bond donors (Lipinski definition) is 1. The Bertz CT molecular complexity index is 373. The highest BCUT2D eigenvalue weighted by Crippen LogP contribution is 2.17. The number of carbonyl (C=O) groups excluding carboxylic acids is 1. The first-order valence-electron chi connectivity index (χ1n) is 5.97. The number of hydrogen-bond acceptors (Lipinski definition) is 4. The molecule has 17 heavy (non-hydrogen) atoms. The highest BCUT2D eigenvalue weighted by atomic mass is 16.3. The van der Waals surface area contributed by atoms with Crippen LogP contribution in [0.15, 0.2) is 24.3 Å². The Morgan fingerprint density at radius 2 is 2.00 bits per heavy atom. The average Bonchev–Trinajstić information content (AvgIpc) is 2.40. The van der Waals surface area contributed by atoms with Gasteiger partial charge >= 0.3 is 0 Å². The van der Waals surface area contributed by atoms with Crippen LogP contribution in [0.5, 0.6) is 0 Å². The summed E-state index contributed by atoms with van der Waals surface area (Å²) in [6.45, 7) is 4.80. The molecule has 1 aromatic rings. The van der Waals surface area contributed by atoms with Crippen molar-refractivity contribution in [2.75, 3.05) is 44.2 Å². The van der Waals surface area contributed by atoms with Crippen molar-refractivity contribution in [1.29, 1.82) is 0 Å². The van der Waals surface area contributed by atoms with Crippen LogP contribution in [0.25, 0.3) is 0 Å². The number of rotatable bonds is 4. The summed E-state index contributed by atoms with van der Waals surface area (Å²) in [4.78, 5) is 15.3. The number of β-amino-alcohol motifs (C(OH)–C–C–N with tert-alkyl or cyclic N) is 1. The standard InChI is InChI=1S/C13H18N2O2/c16-9-8-14-4-6-15(7-5-14)13-3-1-2-12(10-13)11-17/h1-3,10-11,16H,4-9H2. The van der Waals surface area contributed by atoms with Crippen molar-refractivity contribution in [3.8, 4) is 0 Å². The van der Waals surface area contributed by atoms with Crippen LogP contribution in [-0.2, 0) is 0 Å². The van der Waals surface area contributed by atoms with E-state index in [0.29, 0.717) is 0 Å². The van der Waals surface area contributed by atoms with Gasteiger partial charge in [0.1, 0.15) is 6.29 Å². The number of carbonyl (C=O) groups is 1. The number of aliphatic hydroxyl groups is 1. The van der Waals surface area contributed by atoms with Gasteiger partial charge < -0.3 is 10.0 Å². The highest BCUT2D eigenvalue weighted by Gasteiger charge is 2.16. The lowest BCUT2D eigenvalue weighted by atomic mass is 10.2. The molecule has 0 unspecified atom stereocenters. The molecule has 0 amide bonds. The molecule has 2 rings (SSSR count). The second-order valence-electron chi connectivity index (χ2n) is 4.27. The Balaban J connectivity index is 1.97. The molecule has 0 atom stereocenters. The molecule has 0 spiro atoms. The lowest BCUT2D eigenvalue weighted by molar-refractivity contribution is 0.112. The summed E-state index contributed by atoms with van der Waals surface area (Å²) in [6, 6.07) is 7.70. The second kappa shape index (κ2) is 5.80. The zero-order valence-corrected chi connectivity index (χ0v) is 9.88. The summed E-state index contributed by atoms with van der Waals surface area (Å²) in [5.74, 6) is 0. The molecule has 1 aliphatic rings. The van der Waals surface area contributed by atoms with E-state index < -0.39 is 0 Å². The third kappa shape index (κ3) is 3.05. The molecule has 0 aromatic heterocycles. The molecule has 0 bridgehead atoms. The first kappa shape index (κ1) is 12.1. The van der Waals surface area contributed by atoms with Crippen molar-refractivity contribution in [2.45, 2.75) is 0 Å². The molecule has 1 aromatic carbocycles. The minimum absolute atomic E-state index is 0.223. The normalized spacial score (nSPS) is 17.1. The van der Waals surface area contributed by atoms with Crippen molar-refractivity contribution in [1.82, 2.24) is 4.90 Å². The average molecular weight is 234 g/mol. The largest absolute Gasteiger partial charge is 0.395 e. The molecule has 1 saturated heterocycles. The number of benzene rings is 1. The van der Waals surface area contributed by atoms with Crippen LogP contribution in [0.4, 0.5) is 5.69 Å². The maximum Gasteiger partial charge on any atom is 0.150 e. The predicted octanol–water partition coefficient (Wildman–Crippen LogP) is 0.613. The molecule has 0 saturated carbocycles. The van der Waals surface area contributed by atoms with Gasteiger partial charge in [-0.25, -0.2) is 0 Å². The zero-order chi connectivity index (χ0) is 12.1. The predicted molar refractivity (Wildman–Crippen MR) is 67.6 cm³/mol. The van der Waals surface area contributed by atoms with Crippen LogP contribution in [0.1, 0.15) is 10.4 Å². The summed E-state index contributed by atoms with van der Waals surface area (Å²) < 4.78 is 0. The van der Waals surface area contributed by atoms with Gasteiger partial charge in [-0.15, -0.1) is 0 Å². The molecule has 4 heteroatoms. The fraction of sp³-hybridized carbons (Fsp3) is 0.462. The minimum Gasteiger partial charge on any atom is -0.395 e. The molecular weight excluding hydrogens is 216 g/mol. The molecule has 1 fully saturated rings. The Labute approximate surface area is 101 Å². The SMILES string of the molecule is O=Cc1cccc(N2CCN(CCO)CC2)c1. The summed E-state index contributed by atoms with van der Waals surface area (Å²) >= 11 is 0. The van der Waals surface area contributed by atoms with Crippen LogP contribution in [0.2, 0.25) is 0 Å². The van der Waals surface area contributed by atoms with E-state index in [1.165, 1.54) is 0 Å². The van der Waals surface area contributed by atoms with Crippen molar-refractivity contribution >= 4 is 12.0 Å². The monoisotopic (exact) mass is 234 g/mol. The number of anilines is 1. The van der Waals surface area contributed by atoms with Gasteiger partial charge in [0.25, 0.3) is 0 Å². The molecule has 1 N–H and O–H groups in total. The molecule has 1 aliphatic heterocycles. The van der Waals surface area contributed by atoms with Crippen LogP contribution in [0.3, 0.4) is 0 Å². The molecule has 92 valence electrons. The van der Waals surface area contributed by atoms with E-state index in [9.17, 15) is 4.79 Å². The van der Waals surface area contributed by atoms with Gasteiger partial charge in [-0.05, 0) is 12.1 Å². The lowest BCUT2D eigenvalue weighted by Crippen LogP contribution is -2.47. The van der Waals surface area contributed by atoms with E-state index in [4.69, 9.17) is 5.11 Å². The molecular formula is C13H18N2O2. The minimum atomic E-state index is 0.223. The van der Waals surface area contributed by atoms with Gasteiger partial charge in [-0.2, -0.15) is 0 Å². The van der Waals surface area contributed by atoms with Gasteiger partial charge in [-0.1, -0.05) is 12.1 Å². The number of piperazine rings is 1. The third-order valence-electron chi connectivity index (χ3n) is 3.16. The first-order valence-corrected chi connectivity index (χ1v) is 5.97. The van der Waals surface area contributed by atoms with Gasteiger partial charge in [0, 0.05) is 44.0 Å². The van der Waals surface area contributed by atoms with Gasteiger partial charge in [0.2, 0.25) is 0 Å². The quantitative estimate of drug-likeness (QED) is 0.775. The summed E-state index contributed by atoms with van der Waals surface area (Å²) in [6.07, 6.45) is 0.880. The van der Waals surface area contributed by atoms with Crippen LogP contribution in [-0.4, -0.2) is 55.6 Å². The fourth-order valence-corrected chi connectivity index (χ4v) is 2.17. The first-order chi connectivity index (χ1) is 8.33. The van der Waals surface area contributed by atoms with E-state index >= 15 is 0 Å². The summed E-state index contributed by atoms with van der Waals surface area (Å²) in [5.41, 5.74) is 1.83. The summed E-state index contributed by atoms with van der Waals surface area (Å²) in [7, 11) is 0. The number of aliphatic hydroxyl groups excluding tert-OH is 1. The number of aldehydes is 1. The van der Waals surface area contributed by atoms with Crippen molar-refractivity contribution in [3.63, 3.8) is 0 Å².